The Hall–Kier alpha value is -1.04. The molecule has 1 aliphatic rings. The van der Waals surface area contributed by atoms with Gasteiger partial charge in [0.25, 0.3) is 0 Å². The van der Waals surface area contributed by atoms with Crippen molar-refractivity contribution in [2.24, 2.45) is 0 Å². The standard InChI is InChI=1S/C16H21FN2OS/c1-11(20)4-7-19-8-5-12(6-9-19)16-14-3-2-13(17)10-15(14)21-18-16/h2-3,10-12,20H,4-9H2,1H3. The van der Waals surface area contributed by atoms with Crippen molar-refractivity contribution in [1.82, 2.24) is 9.27 Å². The van der Waals surface area contributed by atoms with Crippen LogP contribution in [0.3, 0.4) is 0 Å². The number of likely N-dealkylation sites (tertiary alicyclic amines) is 1. The molecule has 3 nitrogen and oxygen atoms in total. The fourth-order valence-electron chi connectivity index (χ4n) is 3.02. The molecule has 0 radical (unpaired) electrons. The van der Waals surface area contributed by atoms with Gasteiger partial charge in [0.2, 0.25) is 0 Å². The van der Waals surface area contributed by atoms with E-state index >= 15 is 0 Å². The molecule has 1 N–H and O–H groups in total. The zero-order chi connectivity index (χ0) is 14.8. The maximum absolute atomic E-state index is 13.2. The molecule has 0 bridgehead atoms. The molecular weight excluding hydrogens is 287 g/mol. The Morgan fingerprint density at radius 1 is 1.43 bits per heavy atom. The van der Waals surface area contributed by atoms with E-state index in [0.717, 1.165) is 54.7 Å². The quantitative estimate of drug-likeness (QED) is 0.940. The first-order valence-electron chi connectivity index (χ1n) is 7.58. The predicted octanol–water partition coefficient (Wildman–Crippen LogP) is 3.39. The SMILES string of the molecule is CC(O)CCN1CCC(c2nsc3cc(F)ccc23)CC1. The normalized spacial score (nSPS) is 19.2. The maximum Gasteiger partial charge on any atom is 0.124 e. The zero-order valence-corrected chi connectivity index (χ0v) is 13.1. The van der Waals surface area contributed by atoms with E-state index in [4.69, 9.17) is 0 Å². The summed E-state index contributed by atoms with van der Waals surface area (Å²) in [6.07, 6.45) is 2.80. The summed E-state index contributed by atoms with van der Waals surface area (Å²) in [5.41, 5.74) is 1.14. The van der Waals surface area contributed by atoms with Gasteiger partial charge in [-0.05, 0) is 69.0 Å². The van der Waals surface area contributed by atoms with Crippen LogP contribution in [0, 0.1) is 5.82 Å². The number of aliphatic hydroxyl groups excluding tert-OH is 1. The molecule has 2 aromatic rings. The molecule has 21 heavy (non-hydrogen) atoms. The van der Waals surface area contributed by atoms with E-state index in [2.05, 4.69) is 9.27 Å². The maximum atomic E-state index is 13.2. The highest BCUT2D eigenvalue weighted by molar-refractivity contribution is 7.13. The van der Waals surface area contributed by atoms with E-state index in [9.17, 15) is 9.50 Å². The minimum atomic E-state index is -0.222. The summed E-state index contributed by atoms with van der Waals surface area (Å²) in [5, 5.41) is 10.5. The van der Waals surface area contributed by atoms with Crippen molar-refractivity contribution >= 4 is 21.6 Å². The average molecular weight is 308 g/mol. The highest BCUT2D eigenvalue weighted by Gasteiger charge is 2.24. The Balaban J connectivity index is 1.66. The largest absolute Gasteiger partial charge is 0.393 e. The molecule has 1 aromatic carbocycles. The number of nitrogens with zero attached hydrogens (tertiary/aromatic N) is 2. The lowest BCUT2D eigenvalue weighted by atomic mass is 9.91. The molecule has 3 rings (SSSR count). The minimum Gasteiger partial charge on any atom is -0.393 e. The molecule has 1 aromatic heterocycles. The molecule has 1 unspecified atom stereocenters. The molecule has 114 valence electrons. The van der Waals surface area contributed by atoms with Crippen LogP contribution in [0.4, 0.5) is 4.39 Å². The average Bonchev–Trinajstić information content (AvgIpc) is 2.88. The summed E-state index contributed by atoms with van der Waals surface area (Å²) >= 11 is 1.40. The monoisotopic (exact) mass is 308 g/mol. The molecule has 1 aliphatic heterocycles. The lowest BCUT2D eigenvalue weighted by Crippen LogP contribution is -2.34. The number of halogens is 1. The Morgan fingerprint density at radius 2 is 2.19 bits per heavy atom. The molecule has 0 amide bonds. The smallest absolute Gasteiger partial charge is 0.124 e. The van der Waals surface area contributed by atoms with Gasteiger partial charge in [-0.15, -0.1) is 0 Å². The van der Waals surface area contributed by atoms with Gasteiger partial charge in [0.05, 0.1) is 16.5 Å². The summed E-state index contributed by atoms with van der Waals surface area (Å²) in [5.74, 6) is 0.289. The van der Waals surface area contributed by atoms with Gasteiger partial charge in [0, 0.05) is 17.8 Å². The Kier molecular flexibility index (Phi) is 4.52. The summed E-state index contributed by atoms with van der Waals surface area (Å²) in [4.78, 5) is 2.41. The Bertz CT molecular complexity index is 605. The van der Waals surface area contributed by atoms with E-state index in [1.54, 1.807) is 6.07 Å². The van der Waals surface area contributed by atoms with Gasteiger partial charge in [0.15, 0.2) is 0 Å². The van der Waals surface area contributed by atoms with E-state index in [-0.39, 0.29) is 11.9 Å². The number of benzene rings is 1. The minimum absolute atomic E-state index is 0.189. The lowest BCUT2D eigenvalue weighted by molar-refractivity contribution is 0.142. The molecule has 0 aliphatic carbocycles. The van der Waals surface area contributed by atoms with Crippen molar-refractivity contribution in [3.8, 4) is 0 Å². The van der Waals surface area contributed by atoms with Gasteiger partial charge >= 0.3 is 0 Å². The van der Waals surface area contributed by atoms with Crippen LogP contribution in [0.15, 0.2) is 18.2 Å². The highest BCUT2D eigenvalue weighted by Crippen LogP contribution is 2.34. The van der Waals surface area contributed by atoms with Crippen molar-refractivity contribution in [3.63, 3.8) is 0 Å². The summed E-state index contributed by atoms with van der Waals surface area (Å²) in [7, 11) is 0. The molecule has 1 saturated heterocycles. The van der Waals surface area contributed by atoms with Crippen molar-refractivity contribution in [2.45, 2.75) is 38.2 Å². The van der Waals surface area contributed by atoms with Crippen molar-refractivity contribution < 1.29 is 9.50 Å². The molecule has 0 spiro atoms. The van der Waals surface area contributed by atoms with Gasteiger partial charge in [-0.1, -0.05) is 0 Å². The third kappa shape index (κ3) is 3.42. The molecule has 1 atom stereocenters. The van der Waals surface area contributed by atoms with Crippen LogP contribution in [-0.2, 0) is 0 Å². The number of fused-ring (bicyclic) bond motifs is 1. The summed E-state index contributed by atoms with van der Waals surface area (Å²) in [6, 6.07) is 4.97. The third-order valence-electron chi connectivity index (χ3n) is 4.30. The van der Waals surface area contributed by atoms with Gasteiger partial charge in [0.1, 0.15) is 5.82 Å². The molecule has 1 fully saturated rings. The van der Waals surface area contributed by atoms with Crippen LogP contribution in [0.5, 0.6) is 0 Å². The van der Waals surface area contributed by atoms with Gasteiger partial charge in [-0.25, -0.2) is 4.39 Å². The van der Waals surface area contributed by atoms with Crippen molar-refractivity contribution in [1.29, 1.82) is 0 Å². The topological polar surface area (TPSA) is 36.4 Å². The molecule has 2 heterocycles. The van der Waals surface area contributed by atoms with Crippen LogP contribution >= 0.6 is 11.5 Å². The fraction of sp³-hybridized carbons (Fsp3) is 0.562. The lowest BCUT2D eigenvalue weighted by Gasteiger charge is -2.31. The summed E-state index contributed by atoms with van der Waals surface area (Å²) < 4.78 is 18.8. The Labute approximate surface area is 128 Å². The van der Waals surface area contributed by atoms with Crippen molar-refractivity contribution in [2.75, 3.05) is 19.6 Å². The fourth-order valence-corrected chi connectivity index (χ4v) is 3.91. The van der Waals surface area contributed by atoms with E-state index in [1.165, 1.54) is 17.6 Å². The second-order valence-electron chi connectivity index (χ2n) is 5.96. The van der Waals surface area contributed by atoms with Crippen molar-refractivity contribution in [3.05, 3.63) is 29.7 Å². The van der Waals surface area contributed by atoms with Gasteiger partial charge in [-0.2, -0.15) is 4.37 Å². The molecule has 5 heteroatoms. The summed E-state index contributed by atoms with van der Waals surface area (Å²) in [6.45, 7) is 4.91. The number of hydrogen-bond donors (Lipinski definition) is 1. The second-order valence-corrected chi connectivity index (χ2v) is 6.77. The number of piperidine rings is 1. The van der Waals surface area contributed by atoms with Gasteiger partial charge in [-0.3, -0.25) is 0 Å². The highest BCUT2D eigenvalue weighted by atomic mass is 32.1. The number of hydrogen-bond acceptors (Lipinski definition) is 4. The van der Waals surface area contributed by atoms with Crippen LogP contribution in [0.2, 0.25) is 0 Å². The van der Waals surface area contributed by atoms with Crippen LogP contribution in [0.1, 0.15) is 37.8 Å². The molecule has 0 saturated carbocycles. The first kappa shape index (κ1) is 14.9. The number of aromatic nitrogens is 1. The van der Waals surface area contributed by atoms with E-state index < -0.39 is 0 Å². The Morgan fingerprint density at radius 3 is 2.90 bits per heavy atom. The van der Waals surface area contributed by atoms with E-state index in [0.29, 0.717) is 5.92 Å². The number of aliphatic hydroxyl groups is 1. The third-order valence-corrected chi connectivity index (χ3v) is 5.12. The molecular formula is C16H21FN2OS. The van der Waals surface area contributed by atoms with Crippen LogP contribution in [0.25, 0.3) is 10.1 Å². The first-order chi connectivity index (χ1) is 10.1. The van der Waals surface area contributed by atoms with Crippen LogP contribution in [-0.4, -0.2) is 40.1 Å². The van der Waals surface area contributed by atoms with Crippen LogP contribution < -0.4 is 0 Å². The first-order valence-corrected chi connectivity index (χ1v) is 8.36. The predicted molar refractivity (Wildman–Crippen MR) is 84.3 cm³/mol. The van der Waals surface area contributed by atoms with E-state index in [1.807, 2.05) is 13.0 Å². The second kappa shape index (κ2) is 6.38. The van der Waals surface area contributed by atoms with Gasteiger partial charge < -0.3 is 10.0 Å². The zero-order valence-electron chi connectivity index (χ0n) is 12.3. The number of rotatable bonds is 4.